The third kappa shape index (κ3) is 3.78. The Balaban J connectivity index is 1.55. The SMILES string of the molecule is C[C@@H](c1ccncc1)N1CCO[C@H](CNc2cccnn2)C1. The average Bonchev–Trinajstić information content (AvgIpc) is 2.61. The van der Waals surface area contributed by atoms with E-state index in [1.807, 2.05) is 24.5 Å². The van der Waals surface area contributed by atoms with Crippen LogP contribution in [0.1, 0.15) is 18.5 Å². The number of anilines is 1. The predicted octanol–water partition coefficient (Wildman–Crippen LogP) is 1.75. The molecule has 0 radical (unpaired) electrons. The second-order valence-corrected chi connectivity index (χ2v) is 5.43. The highest BCUT2D eigenvalue weighted by Gasteiger charge is 2.24. The van der Waals surface area contributed by atoms with Crippen molar-refractivity contribution in [1.29, 1.82) is 0 Å². The molecule has 2 aromatic rings. The van der Waals surface area contributed by atoms with E-state index < -0.39 is 0 Å². The Morgan fingerprint density at radius 1 is 1.32 bits per heavy atom. The number of rotatable bonds is 5. The molecule has 0 amide bonds. The molecule has 6 nitrogen and oxygen atoms in total. The van der Waals surface area contributed by atoms with Gasteiger partial charge in [0.2, 0.25) is 0 Å². The highest BCUT2D eigenvalue weighted by molar-refractivity contribution is 5.31. The van der Waals surface area contributed by atoms with Gasteiger partial charge in [-0.3, -0.25) is 9.88 Å². The largest absolute Gasteiger partial charge is 0.374 e. The van der Waals surface area contributed by atoms with Gasteiger partial charge in [0, 0.05) is 44.3 Å². The maximum absolute atomic E-state index is 5.85. The Bertz CT molecular complexity index is 565. The zero-order valence-corrected chi connectivity index (χ0v) is 12.7. The van der Waals surface area contributed by atoms with Crippen LogP contribution in [0.3, 0.4) is 0 Å². The van der Waals surface area contributed by atoms with Crippen molar-refractivity contribution in [3.63, 3.8) is 0 Å². The minimum absolute atomic E-state index is 0.153. The van der Waals surface area contributed by atoms with Crippen molar-refractivity contribution < 1.29 is 4.74 Å². The van der Waals surface area contributed by atoms with E-state index in [0.717, 1.165) is 32.1 Å². The van der Waals surface area contributed by atoms with Crippen molar-refractivity contribution in [3.8, 4) is 0 Å². The van der Waals surface area contributed by atoms with Crippen molar-refractivity contribution >= 4 is 5.82 Å². The van der Waals surface area contributed by atoms with E-state index in [1.165, 1.54) is 5.56 Å². The van der Waals surface area contributed by atoms with Gasteiger partial charge in [-0.25, -0.2) is 0 Å². The number of morpholine rings is 1. The molecule has 1 saturated heterocycles. The molecule has 116 valence electrons. The van der Waals surface area contributed by atoms with Gasteiger partial charge in [0.25, 0.3) is 0 Å². The average molecular weight is 299 g/mol. The normalized spacial score (nSPS) is 20.5. The minimum atomic E-state index is 0.153. The quantitative estimate of drug-likeness (QED) is 0.907. The summed E-state index contributed by atoms with van der Waals surface area (Å²) in [6.07, 6.45) is 5.51. The molecule has 6 heteroatoms. The van der Waals surface area contributed by atoms with Crippen LogP contribution >= 0.6 is 0 Å². The highest BCUT2D eigenvalue weighted by atomic mass is 16.5. The van der Waals surface area contributed by atoms with Crippen molar-refractivity contribution in [3.05, 3.63) is 48.4 Å². The number of pyridine rings is 1. The van der Waals surface area contributed by atoms with Crippen LogP contribution in [-0.2, 0) is 4.74 Å². The van der Waals surface area contributed by atoms with Crippen LogP contribution < -0.4 is 5.32 Å². The molecule has 2 aromatic heterocycles. The zero-order valence-electron chi connectivity index (χ0n) is 12.7. The zero-order chi connectivity index (χ0) is 15.2. The van der Waals surface area contributed by atoms with Crippen LogP contribution in [0.5, 0.6) is 0 Å². The van der Waals surface area contributed by atoms with Crippen LogP contribution in [0, 0.1) is 0 Å². The van der Waals surface area contributed by atoms with Crippen LogP contribution in [0.4, 0.5) is 5.82 Å². The fraction of sp³-hybridized carbons (Fsp3) is 0.438. The summed E-state index contributed by atoms with van der Waals surface area (Å²) >= 11 is 0. The van der Waals surface area contributed by atoms with Gasteiger partial charge in [-0.05, 0) is 36.8 Å². The summed E-state index contributed by atoms with van der Waals surface area (Å²) in [5, 5.41) is 11.2. The van der Waals surface area contributed by atoms with Gasteiger partial charge in [0.05, 0.1) is 12.7 Å². The Labute approximate surface area is 130 Å². The lowest BCUT2D eigenvalue weighted by Gasteiger charge is -2.37. The first-order chi connectivity index (χ1) is 10.8. The van der Waals surface area contributed by atoms with Gasteiger partial charge in [-0.1, -0.05) is 0 Å². The molecule has 1 fully saturated rings. The lowest BCUT2D eigenvalue weighted by atomic mass is 10.1. The molecule has 0 unspecified atom stereocenters. The Morgan fingerprint density at radius 3 is 2.95 bits per heavy atom. The lowest BCUT2D eigenvalue weighted by Crippen LogP contribution is -2.46. The molecule has 1 aliphatic heterocycles. The molecular formula is C16H21N5O. The highest BCUT2D eigenvalue weighted by Crippen LogP contribution is 2.22. The second kappa shape index (κ2) is 7.29. The summed E-state index contributed by atoms with van der Waals surface area (Å²) in [5.74, 6) is 0.783. The van der Waals surface area contributed by atoms with Gasteiger partial charge < -0.3 is 10.1 Å². The van der Waals surface area contributed by atoms with Crippen molar-refractivity contribution in [2.45, 2.75) is 19.1 Å². The number of aromatic nitrogens is 3. The molecule has 1 aliphatic rings. The first-order valence-electron chi connectivity index (χ1n) is 7.60. The van der Waals surface area contributed by atoms with E-state index in [4.69, 9.17) is 4.74 Å². The first-order valence-corrected chi connectivity index (χ1v) is 7.60. The third-order valence-corrected chi connectivity index (χ3v) is 3.99. The van der Waals surface area contributed by atoms with E-state index in [-0.39, 0.29) is 6.10 Å². The van der Waals surface area contributed by atoms with Crippen molar-refractivity contribution in [2.75, 3.05) is 31.6 Å². The monoisotopic (exact) mass is 299 g/mol. The number of ether oxygens (including phenoxy) is 1. The summed E-state index contributed by atoms with van der Waals surface area (Å²) in [6.45, 7) is 5.57. The van der Waals surface area contributed by atoms with E-state index >= 15 is 0 Å². The Hall–Kier alpha value is -2.05. The number of hydrogen-bond donors (Lipinski definition) is 1. The molecule has 0 bridgehead atoms. The molecule has 3 rings (SSSR count). The van der Waals surface area contributed by atoms with Crippen molar-refractivity contribution in [1.82, 2.24) is 20.1 Å². The standard InChI is InChI=1S/C16H21N5O/c1-13(14-4-7-17-8-5-14)21-9-10-22-15(12-21)11-18-16-3-2-6-19-20-16/h2-8,13,15H,9-12H2,1H3,(H,18,20)/t13-,15+/m0/s1. The maximum Gasteiger partial charge on any atom is 0.148 e. The van der Waals surface area contributed by atoms with E-state index in [0.29, 0.717) is 6.04 Å². The molecule has 3 heterocycles. The molecule has 0 spiro atoms. The van der Waals surface area contributed by atoms with Crippen LogP contribution in [0.2, 0.25) is 0 Å². The molecule has 0 aliphatic carbocycles. The van der Waals surface area contributed by atoms with Crippen LogP contribution in [-0.4, -0.2) is 52.4 Å². The summed E-state index contributed by atoms with van der Waals surface area (Å²) in [7, 11) is 0. The summed E-state index contributed by atoms with van der Waals surface area (Å²) in [6, 6.07) is 8.30. The molecular weight excluding hydrogens is 278 g/mol. The molecule has 22 heavy (non-hydrogen) atoms. The van der Waals surface area contributed by atoms with Crippen molar-refractivity contribution in [2.24, 2.45) is 0 Å². The summed E-state index contributed by atoms with van der Waals surface area (Å²) in [5.41, 5.74) is 1.29. The molecule has 0 aromatic carbocycles. The van der Waals surface area contributed by atoms with Gasteiger partial charge in [-0.15, -0.1) is 5.10 Å². The second-order valence-electron chi connectivity index (χ2n) is 5.43. The third-order valence-electron chi connectivity index (χ3n) is 3.99. The van der Waals surface area contributed by atoms with Gasteiger partial charge in [0.15, 0.2) is 0 Å². The Kier molecular flexibility index (Phi) is 4.92. The number of nitrogens with one attached hydrogen (secondary N) is 1. The fourth-order valence-electron chi connectivity index (χ4n) is 2.68. The topological polar surface area (TPSA) is 63.2 Å². The maximum atomic E-state index is 5.85. The van der Waals surface area contributed by atoms with Gasteiger partial charge >= 0.3 is 0 Å². The molecule has 0 saturated carbocycles. The fourth-order valence-corrected chi connectivity index (χ4v) is 2.68. The molecule has 2 atom stereocenters. The Morgan fingerprint density at radius 2 is 2.18 bits per heavy atom. The predicted molar refractivity (Wildman–Crippen MR) is 84.5 cm³/mol. The lowest BCUT2D eigenvalue weighted by molar-refractivity contribution is -0.0346. The summed E-state index contributed by atoms with van der Waals surface area (Å²) < 4.78 is 5.85. The van der Waals surface area contributed by atoms with E-state index in [9.17, 15) is 0 Å². The number of hydrogen-bond acceptors (Lipinski definition) is 6. The molecule has 1 N–H and O–H groups in total. The minimum Gasteiger partial charge on any atom is -0.374 e. The summed E-state index contributed by atoms with van der Waals surface area (Å²) in [4.78, 5) is 6.53. The number of nitrogens with zero attached hydrogens (tertiary/aromatic N) is 4. The van der Waals surface area contributed by atoms with Crippen LogP contribution in [0.15, 0.2) is 42.9 Å². The van der Waals surface area contributed by atoms with Gasteiger partial charge in [0.1, 0.15) is 5.82 Å². The van der Waals surface area contributed by atoms with E-state index in [1.54, 1.807) is 6.20 Å². The van der Waals surface area contributed by atoms with E-state index in [2.05, 4.69) is 44.5 Å². The van der Waals surface area contributed by atoms with Gasteiger partial charge in [-0.2, -0.15) is 5.10 Å². The smallest absolute Gasteiger partial charge is 0.148 e. The van der Waals surface area contributed by atoms with Crippen LogP contribution in [0.25, 0.3) is 0 Å². The first kappa shape index (κ1) is 14.9.